The van der Waals surface area contributed by atoms with E-state index in [4.69, 9.17) is 9.72 Å². The summed E-state index contributed by atoms with van der Waals surface area (Å²) >= 11 is 0. The first-order valence-electron chi connectivity index (χ1n) is 9.92. The smallest absolute Gasteiger partial charge is 0.225 e. The van der Waals surface area contributed by atoms with E-state index in [0.29, 0.717) is 24.4 Å². The highest BCUT2D eigenvalue weighted by atomic mass is 19.1. The fourth-order valence-corrected chi connectivity index (χ4v) is 4.86. The number of benzene rings is 1. The third-order valence-corrected chi connectivity index (χ3v) is 6.32. The summed E-state index contributed by atoms with van der Waals surface area (Å²) in [6.45, 7) is 2.75. The molecule has 0 aliphatic carbocycles. The summed E-state index contributed by atoms with van der Waals surface area (Å²) in [6.07, 6.45) is 7.66. The summed E-state index contributed by atoms with van der Waals surface area (Å²) in [5.74, 6) is 1.26. The Morgan fingerprint density at radius 3 is 2.85 bits per heavy atom. The summed E-state index contributed by atoms with van der Waals surface area (Å²) in [5.41, 5.74) is 3.16. The Morgan fingerprint density at radius 1 is 1.22 bits per heavy atom. The van der Waals surface area contributed by atoms with Crippen LogP contribution in [0.25, 0.3) is 0 Å². The van der Waals surface area contributed by atoms with Crippen LogP contribution < -0.4 is 9.64 Å². The molecule has 1 aromatic carbocycles. The zero-order valence-electron chi connectivity index (χ0n) is 15.7. The molecule has 1 aromatic heterocycles. The van der Waals surface area contributed by atoms with Gasteiger partial charge >= 0.3 is 0 Å². The second-order valence-electron chi connectivity index (χ2n) is 7.85. The number of halogens is 1. The first-order valence-corrected chi connectivity index (χ1v) is 9.92. The van der Waals surface area contributed by atoms with Gasteiger partial charge in [-0.25, -0.2) is 14.4 Å². The minimum Gasteiger partial charge on any atom is -0.497 e. The lowest BCUT2D eigenvalue weighted by atomic mass is 9.98. The Morgan fingerprint density at radius 2 is 2.07 bits per heavy atom. The predicted molar refractivity (Wildman–Crippen MR) is 101 cm³/mol. The van der Waals surface area contributed by atoms with E-state index in [1.807, 2.05) is 18.3 Å². The van der Waals surface area contributed by atoms with Crippen LogP contribution in [0.3, 0.4) is 0 Å². The van der Waals surface area contributed by atoms with Gasteiger partial charge in [-0.05, 0) is 31.7 Å². The molecule has 0 saturated carbocycles. The van der Waals surface area contributed by atoms with Gasteiger partial charge in [0, 0.05) is 61.5 Å². The van der Waals surface area contributed by atoms with Crippen LogP contribution in [0.4, 0.5) is 10.3 Å². The van der Waals surface area contributed by atoms with Crippen molar-refractivity contribution in [3.05, 3.63) is 47.0 Å². The summed E-state index contributed by atoms with van der Waals surface area (Å²) in [5, 5.41) is 0. The van der Waals surface area contributed by atoms with E-state index in [-0.39, 0.29) is 5.82 Å². The lowest BCUT2D eigenvalue weighted by Crippen LogP contribution is -2.38. The molecule has 2 aromatic rings. The number of nitrogens with zero attached hydrogens (tertiary/aromatic N) is 4. The van der Waals surface area contributed by atoms with Gasteiger partial charge in [0.1, 0.15) is 11.6 Å². The van der Waals surface area contributed by atoms with Crippen molar-refractivity contribution in [1.82, 2.24) is 14.9 Å². The van der Waals surface area contributed by atoms with Crippen molar-refractivity contribution >= 4 is 5.95 Å². The molecule has 5 rings (SSSR count). The average Bonchev–Trinajstić information content (AvgIpc) is 3.31. The third kappa shape index (κ3) is 2.96. The van der Waals surface area contributed by atoms with E-state index in [1.165, 1.54) is 30.2 Å². The molecule has 5 nitrogen and oxygen atoms in total. The van der Waals surface area contributed by atoms with E-state index in [1.54, 1.807) is 7.11 Å². The normalized spacial score (nSPS) is 24.3. The molecule has 2 atom stereocenters. The molecule has 4 heterocycles. The molecule has 3 aliphatic heterocycles. The monoisotopic (exact) mass is 368 g/mol. The topological polar surface area (TPSA) is 41.5 Å². The van der Waals surface area contributed by atoms with Gasteiger partial charge in [-0.1, -0.05) is 6.07 Å². The van der Waals surface area contributed by atoms with Crippen LogP contribution in [0.2, 0.25) is 0 Å². The summed E-state index contributed by atoms with van der Waals surface area (Å²) in [4.78, 5) is 14.3. The van der Waals surface area contributed by atoms with Gasteiger partial charge in [0.2, 0.25) is 5.95 Å². The lowest BCUT2D eigenvalue weighted by molar-refractivity contribution is 0.164. The van der Waals surface area contributed by atoms with Gasteiger partial charge in [-0.3, -0.25) is 4.90 Å². The largest absolute Gasteiger partial charge is 0.497 e. The first-order chi connectivity index (χ1) is 13.2. The Bertz CT molecular complexity index is 852. The van der Waals surface area contributed by atoms with Crippen LogP contribution in [0.5, 0.6) is 5.75 Å². The Kier molecular flexibility index (Phi) is 4.23. The number of aromatic nitrogens is 2. The van der Waals surface area contributed by atoms with Gasteiger partial charge < -0.3 is 9.64 Å². The average molecular weight is 368 g/mol. The van der Waals surface area contributed by atoms with E-state index in [0.717, 1.165) is 43.9 Å². The van der Waals surface area contributed by atoms with Crippen LogP contribution in [0, 0.1) is 5.82 Å². The maximum Gasteiger partial charge on any atom is 0.225 e. The number of hydrogen-bond donors (Lipinski definition) is 0. The molecule has 0 spiro atoms. The number of rotatable bonds is 4. The van der Waals surface area contributed by atoms with Crippen molar-refractivity contribution in [3.63, 3.8) is 0 Å². The SMILES string of the molecule is COc1ccc(CN2C3CCC2c2cnc(N4CCCC4)nc2C3)c(F)c1. The fourth-order valence-electron chi connectivity index (χ4n) is 4.86. The van der Waals surface area contributed by atoms with Crippen LogP contribution in [-0.2, 0) is 13.0 Å². The van der Waals surface area contributed by atoms with Crippen LogP contribution in [0.1, 0.15) is 48.5 Å². The van der Waals surface area contributed by atoms with Crippen molar-refractivity contribution in [3.8, 4) is 5.75 Å². The number of ether oxygens (including phenoxy) is 1. The lowest BCUT2D eigenvalue weighted by Gasteiger charge is -2.36. The molecular formula is C21H25FN4O. The Hall–Kier alpha value is -2.21. The molecular weight excluding hydrogens is 343 g/mol. The minimum atomic E-state index is -0.194. The quantitative estimate of drug-likeness (QED) is 0.826. The van der Waals surface area contributed by atoms with Gasteiger partial charge in [0.05, 0.1) is 12.8 Å². The fraction of sp³-hybridized carbons (Fsp3) is 0.524. The van der Waals surface area contributed by atoms with Gasteiger partial charge in [0.25, 0.3) is 0 Å². The molecule has 2 bridgehead atoms. The van der Waals surface area contributed by atoms with Gasteiger partial charge in [-0.15, -0.1) is 0 Å². The van der Waals surface area contributed by atoms with E-state index in [9.17, 15) is 4.39 Å². The van der Waals surface area contributed by atoms with Crippen molar-refractivity contribution in [2.45, 2.75) is 50.7 Å². The highest BCUT2D eigenvalue weighted by Gasteiger charge is 2.41. The Labute approximate surface area is 159 Å². The number of methoxy groups -OCH3 is 1. The molecule has 0 radical (unpaired) electrons. The van der Waals surface area contributed by atoms with E-state index < -0.39 is 0 Å². The molecule has 27 heavy (non-hydrogen) atoms. The van der Waals surface area contributed by atoms with Crippen molar-refractivity contribution in [2.24, 2.45) is 0 Å². The molecule has 3 aliphatic rings. The highest BCUT2D eigenvalue weighted by molar-refractivity contribution is 5.38. The maximum atomic E-state index is 14.5. The standard InChI is InChI=1S/C21H25FN4O/c1-27-16-6-4-14(18(22)11-16)13-26-15-5-7-20(26)17-12-23-21(24-19(17)10-15)25-8-2-3-9-25/h4,6,11-12,15,20H,2-3,5,7-10,13H2,1H3. The minimum absolute atomic E-state index is 0.194. The van der Waals surface area contributed by atoms with Crippen molar-refractivity contribution in [1.29, 1.82) is 0 Å². The molecule has 0 amide bonds. The molecule has 2 unspecified atom stereocenters. The van der Waals surface area contributed by atoms with Crippen LogP contribution in [-0.4, -0.2) is 41.1 Å². The van der Waals surface area contributed by atoms with E-state index >= 15 is 0 Å². The van der Waals surface area contributed by atoms with Gasteiger partial charge in [-0.2, -0.15) is 0 Å². The van der Waals surface area contributed by atoms with Crippen molar-refractivity contribution < 1.29 is 9.13 Å². The summed E-state index contributed by atoms with van der Waals surface area (Å²) in [7, 11) is 1.56. The second-order valence-corrected chi connectivity index (χ2v) is 7.85. The highest BCUT2D eigenvalue weighted by Crippen LogP contribution is 2.44. The summed E-state index contributed by atoms with van der Waals surface area (Å²) < 4.78 is 19.6. The van der Waals surface area contributed by atoms with E-state index in [2.05, 4.69) is 14.8 Å². The van der Waals surface area contributed by atoms with Crippen molar-refractivity contribution in [2.75, 3.05) is 25.1 Å². The second kappa shape index (κ2) is 6.75. The number of hydrogen-bond acceptors (Lipinski definition) is 5. The third-order valence-electron chi connectivity index (χ3n) is 6.32. The molecule has 0 N–H and O–H groups in total. The number of fused-ring (bicyclic) bond motifs is 4. The van der Waals surface area contributed by atoms with Crippen LogP contribution >= 0.6 is 0 Å². The predicted octanol–water partition coefficient (Wildman–Crippen LogP) is 3.49. The van der Waals surface area contributed by atoms with Crippen LogP contribution in [0.15, 0.2) is 24.4 Å². The zero-order chi connectivity index (χ0) is 18.4. The number of anilines is 1. The summed E-state index contributed by atoms with van der Waals surface area (Å²) in [6, 6.07) is 5.89. The van der Waals surface area contributed by atoms with Gasteiger partial charge in [0.15, 0.2) is 0 Å². The molecule has 2 saturated heterocycles. The molecule has 6 heteroatoms. The zero-order valence-corrected chi connectivity index (χ0v) is 15.7. The molecule has 2 fully saturated rings. The first kappa shape index (κ1) is 16.9. The Balaban J connectivity index is 1.40. The molecule has 142 valence electrons. The maximum absolute atomic E-state index is 14.5.